The summed E-state index contributed by atoms with van der Waals surface area (Å²) in [4.78, 5) is -0.468. The summed E-state index contributed by atoms with van der Waals surface area (Å²) in [5, 5.41) is -5.36. The molecule has 0 heterocycles. The standard InChI is InChI=1S/C14H13F7OS/c1-4-9-7-10(5-6-11(9)22-8(2)3)23-14(20,21)12(15,16)13(17,18)19/h4-8H,1H2,2-3H3. The van der Waals surface area contributed by atoms with Crippen LogP contribution in [0.4, 0.5) is 30.7 Å². The van der Waals surface area contributed by atoms with Gasteiger partial charge in [0.1, 0.15) is 5.75 Å². The Balaban J connectivity index is 3.12. The van der Waals surface area contributed by atoms with Crippen molar-refractivity contribution in [1.29, 1.82) is 0 Å². The quantitative estimate of drug-likeness (QED) is 0.453. The van der Waals surface area contributed by atoms with Crippen molar-refractivity contribution in [2.24, 2.45) is 0 Å². The van der Waals surface area contributed by atoms with Crippen LogP contribution in [0.1, 0.15) is 19.4 Å². The van der Waals surface area contributed by atoms with Gasteiger partial charge in [0.15, 0.2) is 0 Å². The van der Waals surface area contributed by atoms with E-state index >= 15 is 0 Å². The first-order valence-corrected chi connectivity index (χ1v) is 7.08. The average Bonchev–Trinajstić information content (AvgIpc) is 2.38. The van der Waals surface area contributed by atoms with Crippen molar-refractivity contribution in [3.05, 3.63) is 30.3 Å². The highest BCUT2D eigenvalue weighted by Crippen LogP contribution is 2.54. The second kappa shape index (κ2) is 6.62. The van der Waals surface area contributed by atoms with Gasteiger partial charge in [0.05, 0.1) is 6.10 Å². The van der Waals surface area contributed by atoms with Gasteiger partial charge in [0, 0.05) is 10.5 Å². The zero-order chi connectivity index (χ0) is 18.1. The molecule has 0 atom stereocenters. The van der Waals surface area contributed by atoms with E-state index < -0.39 is 34.0 Å². The van der Waals surface area contributed by atoms with Crippen LogP contribution in [0, 0.1) is 0 Å². The minimum Gasteiger partial charge on any atom is -0.490 e. The molecule has 0 aliphatic rings. The van der Waals surface area contributed by atoms with E-state index in [1.54, 1.807) is 13.8 Å². The Morgan fingerprint density at radius 2 is 1.65 bits per heavy atom. The third-order valence-corrected chi connectivity index (χ3v) is 3.53. The highest BCUT2D eigenvalue weighted by atomic mass is 32.2. The second-order valence-corrected chi connectivity index (χ2v) is 5.95. The van der Waals surface area contributed by atoms with Gasteiger partial charge in [-0.3, -0.25) is 0 Å². The monoisotopic (exact) mass is 362 g/mol. The molecule has 130 valence electrons. The van der Waals surface area contributed by atoms with Gasteiger partial charge < -0.3 is 4.74 Å². The number of hydrogen-bond donors (Lipinski definition) is 0. The van der Waals surface area contributed by atoms with Crippen molar-refractivity contribution in [2.45, 2.75) is 42.2 Å². The lowest BCUT2D eigenvalue weighted by molar-refractivity contribution is -0.330. The van der Waals surface area contributed by atoms with Gasteiger partial charge in [-0.15, -0.1) is 0 Å². The highest BCUT2D eigenvalue weighted by Gasteiger charge is 2.73. The van der Waals surface area contributed by atoms with Crippen LogP contribution in [0.5, 0.6) is 5.75 Å². The summed E-state index contributed by atoms with van der Waals surface area (Å²) < 4.78 is 94.2. The molecule has 0 amide bonds. The van der Waals surface area contributed by atoms with Crippen molar-refractivity contribution < 1.29 is 35.5 Å². The zero-order valence-electron chi connectivity index (χ0n) is 12.1. The van der Waals surface area contributed by atoms with Crippen molar-refractivity contribution in [2.75, 3.05) is 0 Å². The minimum atomic E-state index is -6.36. The van der Waals surface area contributed by atoms with E-state index in [9.17, 15) is 30.7 Å². The molecular formula is C14H13F7OS. The fourth-order valence-electron chi connectivity index (χ4n) is 1.49. The Morgan fingerprint density at radius 1 is 1.09 bits per heavy atom. The molecule has 0 bridgehead atoms. The van der Waals surface area contributed by atoms with Gasteiger partial charge in [-0.2, -0.15) is 30.7 Å². The van der Waals surface area contributed by atoms with Crippen LogP contribution < -0.4 is 4.74 Å². The van der Waals surface area contributed by atoms with Crippen molar-refractivity contribution in [3.63, 3.8) is 0 Å². The summed E-state index contributed by atoms with van der Waals surface area (Å²) >= 11 is -0.870. The van der Waals surface area contributed by atoms with E-state index in [1.165, 1.54) is 12.1 Å². The molecule has 9 heteroatoms. The molecule has 0 aliphatic heterocycles. The molecule has 1 aromatic rings. The Hall–Kier alpha value is -1.38. The fourth-order valence-corrected chi connectivity index (χ4v) is 2.35. The Bertz CT molecular complexity index is 567. The van der Waals surface area contributed by atoms with E-state index in [-0.39, 0.29) is 17.4 Å². The van der Waals surface area contributed by atoms with Gasteiger partial charge in [-0.1, -0.05) is 12.7 Å². The lowest BCUT2D eigenvalue weighted by atomic mass is 10.2. The summed E-state index contributed by atoms with van der Waals surface area (Å²) in [6.45, 7) is 6.82. The van der Waals surface area contributed by atoms with Crippen molar-refractivity contribution in [1.82, 2.24) is 0 Å². The minimum absolute atomic E-state index is 0.204. The first-order chi connectivity index (χ1) is 10.3. The first-order valence-electron chi connectivity index (χ1n) is 6.26. The number of hydrogen-bond acceptors (Lipinski definition) is 2. The topological polar surface area (TPSA) is 9.23 Å². The molecule has 0 fully saturated rings. The van der Waals surface area contributed by atoms with Crippen LogP contribution in [0.25, 0.3) is 6.08 Å². The predicted octanol–water partition coefficient (Wildman–Crippen LogP) is 6.00. The van der Waals surface area contributed by atoms with Crippen LogP contribution in [-0.4, -0.2) is 23.5 Å². The normalized spacial score (nSPS) is 13.3. The molecule has 0 radical (unpaired) electrons. The first kappa shape index (κ1) is 19.7. The summed E-state index contributed by atoms with van der Waals surface area (Å²) in [5.41, 5.74) is 0.204. The lowest BCUT2D eigenvalue weighted by Gasteiger charge is -2.27. The van der Waals surface area contributed by atoms with Crippen LogP contribution in [0.3, 0.4) is 0 Å². The smallest absolute Gasteiger partial charge is 0.460 e. The third-order valence-electron chi connectivity index (χ3n) is 2.53. The number of ether oxygens (including phenoxy) is 1. The van der Waals surface area contributed by atoms with E-state index in [1.807, 2.05) is 0 Å². The van der Waals surface area contributed by atoms with Crippen molar-refractivity contribution >= 4 is 17.8 Å². The van der Waals surface area contributed by atoms with Gasteiger partial charge >= 0.3 is 17.4 Å². The third kappa shape index (κ3) is 4.33. The van der Waals surface area contributed by atoms with Gasteiger partial charge in [-0.05, 0) is 43.8 Å². The number of benzene rings is 1. The number of halogens is 7. The fraction of sp³-hybridized carbons (Fsp3) is 0.429. The Kier molecular flexibility index (Phi) is 5.66. The molecular weight excluding hydrogens is 349 g/mol. The predicted molar refractivity (Wildman–Crippen MR) is 74.1 cm³/mol. The maximum atomic E-state index is 13.4. The van der Waals surface area contributed by atoms with Crippen LogP contribution in [0.15, 0.2) is 29.7 Å². The van der Waals surface area contributed by atoms with E-state index in [0.717, 1.165) is 12.1 Å². The van der Waals surface area contributed by atoms with Gasteiger partial charge in [0.2, 0.25) is 0 Å². The number of thioether (sulfide) groups is 1. The molecule has 23 heavy (non-hydrogen) atoms. The average molecular weight is 362 g/mol. The second-order valence-electron chi connectivity index (χ2n) is 4.76. The summed E-state index contributed by atoms with van der Waals surface area (Å²) in [5.74, 6) is -5.91. The zero-order valence-corrected chi connectivity index (χ0v) is 12.9. The van der Waals surface area contributed by atoms with Gasteiger partial charge in [-0.25, -0.2) is 0 Å². The van der Waals surface area contributed by atoms with E-state index in [2.05, 4.69) is 6.58 Å². The number of alkyl halides is 7. The largest absolute Gasteiger partial charge is 0.490 e. The Labute approximate surface area is 132 Å². The molecule has 0 spiro atoms. The molecule has 0 saturated carbocycles. The maximum absolute atomic E-state index is 13.4. The molecule has 0 N–H and O–H groups in total. The summed E-state index contributed by atoms with van der Waals surface area (Å²) in [6.07, 6.45) is -5.38. The van der Waals surface area contributed by atoms with E-state index in [4.69, 9.17) is 4.74 Å². The van der Waals surface area contributed by atoms with Crippen LogP contribution in [-0.2, 0) is 0 Å². The molecule has 0 unspecified atom stereocenters. The SMILES string of the molecule is C=Cc1cc(SC(F)(F)C(F)(F)C(F)(F)F)ccc1OC(C)C. The van der Waals surface area contributed by atoms with Crippen molar-refractivity contribution in [3.8, 4) is 5.75 Å². The molecule has 1 nitrogen and oxygen atoms in total. The Morgan fingerprint density at radius 3 is 2.09 bits per heavy atom. The van der Waals surface area contributed by atoms with Crippen LogP contribution >= 0.6 is 11.8 Å². The molecule has 0 aliphatic carbocycles. The molecule has 0 aromatic heterocycles. The maximum Gasteiger partial charge on any atom is 0.460 e. The highest BCUT2D eigenvalue weighted by molar-refractivity contribution is 8.00. The number of rotatable bonds is 6. The molecule has 1 aromatic carbocycles. The summed E-state index contributed by atoms with van der Waals surface area (Å²) in [6, 6.07) is 3.20. The van der Waals surface area contributed by atoms with Crippen LogP contribution in [0.2, 0.25) is 0 Å². The van der Waals surface area contributed by atoms with E-state index in [0.29, 0.717) is 0 Å². The lowest BCUT2D eigenvalue weighted by Crippen LogP contribution is -2.49. The molecule has 1 rings (SSSR count). The summed E-state index contributed by atoms with van der Waals surface area (Å²) in [7, 11) is 0. The van der Waals surface area contributed by atoms with Gasteiger partial charge in [0.25, 0.3) is 0 Å². The molecule has 0 saturated heterocycles.